The monoisotopic (exact) mass is 341 g/mol. The molecule has 1 aliphatic carbocycles. The Hall–Kier alpha value is -1.07. The average molecular weight is 342 g/mol. The summed E-state index contributed by atoms with van der Waals surface area (Å²) in [6, 6.07) is 1.90. The Balaban J connectivity index is 2.63. The Morgan fingerprint density at radius 2 is 1.80 bits per heavy atom. The topological polar surface area (TPSA) is 61.5 Å². The highest BCUT2D eigenvalue weighted by molar-refractivity contribution is 9.10. The molecule has 0 amide bonds. The molecule has 0 bridgehead atoms. The predicted octanol–water partition coefficient (Wildman–Crippen LogP) is 3.40. The standard InChI is InChI=1S/C15H20BrNO3/c1-19-13-10(9-18)12(16)8-11(14(13)20-2)15(17)6-4-3-5-7-15/h8-9H,3-7,17H2,1-2H3. The second kappa shape index (κ2) is 6.14. The fourth-order valence-electron chi connectivity index (χ4n) is 2.96. The highest BCUT2D eigenvalue weighted by Gasteiger charge is 2.34. The zero-order chi connectivity index (χ0) is 14.8. The lowest BCUT2D eigenvalue weighted by Crippen LogP contribution is -2.39. The van der Waals surface area contributed by atoms with Gasteiger partial charge in [-0.05, 0) is 34.8 Å². The summed E-state index contributed by atoms with van der Waals surface area (Å²) in [6.45, 7) is 0. The molecule has 1 aromatic carbocycles. The minimum absolute atomic E-state index is 0.416. The van der Waals surface area contributed by atoms with Crippen LogP contribution in [0.4, 0.5) is 0 Å². The Bertz CT molecular complexity index is 510. The lowest BCUT2D eigenvalue weighted by Gasteiger charge is -2.35. The Labute approximate surface area is 127 Å². The van der Waals surface area contributed by atoms with Crippen molar-refractivity contribution in [3.63, 3.8) is 0 Å². The minimum Gasteiger partial charge on any atom is -0.492 e. The van der Waals surface area contributed by atoms with Crippen LogP contribution in [0.15, 0.2) is 10.5 Å². The number of carbonyl (C=O) groups excluding carboxylic acids is 1. The van der Waals surface area contributed by atoms with E-state index in [9.17, 15) is 4.79 Å². The van der Waals surface area contributed by atoms with Gasteiger partial charge < -0.3 is 15.2 Å². The lowest BCUT2D eigenvalue weighted by atomic mass is 9.77. The van der Waals surface area contributed by atoms with Gasteiger partial charge in [0.25, 0.3) is 0 Å². The number of hydrogen-bond acceptors (Lipinski definition) is 4. The van der Waals surface area contributed by atoms with Crippen LogP contribution in [0.25, 0.3) is 0 Å². The molecule has 0 atom stereocenters. The first kappa shape index (κ1) is 15.3. The van der Waals surface area contributed by atoms with Gasteiger partial charge in [0.2, 0.25) is 0 Å². The molecule has 20 heavy (non-hydrogen) atoms. The summed E-state index contributed by atoms with van der Waals surface area (Å²) < 4.78 is 11.6. The van der Waals surface area contributed by atoms with E-state index < -0.39 is 5.54 Å². The number of benzene rings is 1. The van der Waals surface area contributed by atoms with Gasteiger partial charge >= 0.3 is 0 Å². The molecule has 0 aromatic heterocycles. The first-order chi connectivity index (χ1) is 9.57. The third kappa shape index (κ3) is 2.56. The Morgan fingerprint density at radius 3 is 2.30 bits per heavy atom. The molecule has 0 unspecified atom stereocenters. The van der Waals surface area contributed by atoms with Crippen LogP contribution in [0.1, 0.15) is 48.0 Å². The van der Waals surface area contributed by atoms with Crippen LogP contribution in [-0.2, 0) is 5.54 Å². The highest BCUT2D eigenvalue weighted by Crippen LogP contribution is 2.46. The Kier molecular flexibility index (Phi) is 4.70. The third-order valence-electron chi connectivity index (χ3n) is 4.03. The van der Waals surface area contributed by atoms with Gasteiger partial charge in [-0.1, -0.05) is 19.3 Å². The van der Waals surface area contributed by atoms with E-state index in [1.807, 2.05) is 6.07 Å². The van der Waals surface area contributed by atoms with Crippen LogP contribution in [0.5, 0.6) is 11.5 Å². The van der Waals surface area contributed by atoms with Crippen molar-refractivity contribution in [1.82, 2.24) is 0 Å². The van der Waals surface area contributed by atoms with Crippen molar-refractivity contribution in [2.75, 3.05) is 14.2 Å². The summed E-state index contributed by atoms with van der Waals surface area (Å²) in [5.41, 5.74) is 7.54. The zero-order valence-electron chi connectivity index (χ0n) is 11.9. The summed E-state index contributed by atoms with van der Waals surface area (Å²) in [7, 11) is 3.11. The maximum atomic E-state index is 11.2. The molecule has 0 saturated heterocycles. The van der Waals surface area contributed by atoms with Gasteiger partial charge in [-0.25, -0.2) is 0 Å². The number of halogens is 1. The van der Waals surface area contributed by atoms with Crippen LogP contribution < -0.4 is 15.2 Å². The quantitative estimate of drug-likeness (QED) is 0.852. The molecule has 2 N–H and O–H groups in total. The van der Waals surface area contributed by atoms with Crippen LogP contribution in [0.2, 0.25) is 0 Å². The van der Waals surface area contributed by atoms with E-state index in [0.717, 1.165) is 37.5 Å². The van der Waals surface area contributed by atoms with Gasteiger partial charge in [0.05, 0.1) is 19.8 Å². The molecule has 110 valence electrons. The van der Waals surface area contributed by atoms with Gasteiger partial charge in [0, 0.05) is 15.6 Å². The number of methoxy groups -OCH3 is 2. The van der Waals surface area contributed by atoms with E-state index in [2.05, 4.69) is 15.9 Å². The SMILES string of the molecule is COc1c(C2(N)CCCCC2)cc(Br)c(C=O)c1OC. The normalized spacial score (nSPS) is 17.6. The predicted molar refractivity (Wildman–Crippen MR) is 81.6 cm³/mol. The van der Waals surface area contributed by atoms with Gasteiger partial charge in [0.1, 0.15) is 0 Å². The van der Waals surface area contributed by atoms with Crippen LogP contribution >= 0.6 is 15.9 Å². The molecular weight excluding hydrogens is 322 g/mol. The molecule has 4 nitrogen and oxygen atoms in total. The van der Waals surface area contributed by atoms with Crippen LogP contribution in [0.3, 0.4) is 0 Å². The van der Waals surface area contributed by atoms with Crippen molar-refractivity contribution in [2.24, 2.45) is 5.73 Å². The number of aldehydes is 1. The molecule has 1 aliphatic rings. The second-order valence-corrected chi connectivity index (χ2v) is 6.08. The minimum atomic E-state index is -0.416. The molecule has 1 fully saturated rings. The van der Waals surface area contributed by atoms with Crippen molar-refractivity contribution in [2.45, 2.75) is 37.6 Å². The van der Waals surface area contributed by atoms with E-state index in [1.165, 1.54) is 13.5 Å². The van der Waals surface area contributed by atoms with Crippen molar-refractivity contribution < 1.29 is 14.3 Å². The summed E-state index contributed by atoms with van der Waals surface area (Å²) >= 11 is 3.43. The highest BCUT2D eigenvalue weighted by atomic mass is 79.9. The van der Waals surface area contributed by atoms with Crippen molar-refractivity contribution in [1.29, 1.82) is 0 Å². The molecule has 0 aliphatic heterocycles. The molecule has 0 radical (unpaired) electrons. The molecule has 0 heterocycles. The largest absolute Gasteiger partial charge is 0.492 e. The summed E-state index contributed by atoms with van der Waals surface area (Å²) in [6.07, 6.45) is 6.02. The summed E-state index contributed by atoms with van der Waals surface area (Å²) in [5.74, 6) is 1.02. The van der Waals surface area contributed by atoms with Crippen molar-refractivity contribution in [3.05, 3.63) is 21.7 Å². The van der Waals surface area contributed by atoms with E-state index in [4.69, 9.17) is 15.2 Å². The van der Waals surface area contributed by atoms with Gasteiger partial charge in [-0.15, -0.1) is 0 Å². The van der Waals surface area contributed by atoms with Crippen LogP contribution in [-0.4, -0.2) is 20.5 Å². The van der Waals surface area contributed by atoms with Gasteiger partial charge in [0.15, 0.2) is 17.8 Å². The van der Waals surface area contributed by atoms with Crippen molar-refractivity contribution >= 4 is 22.2 Å². The number of nitrogens with two attached hydrogens (primary N) is 1. The molecular formula is C15H20BrNO3. The fraction of sp³-hybridized carbons (Fsp3) is 0.533. The molecule has 1 saturated carbocycles. The Morgan fingerprint density at radius 1 is 1.20 bits per heavy atom. The maximum Gasteiger partial charge on any atom is 0.172 e. The van der Waals surface area contributed by atoms with E-state index in [1.54, 1.807) is 7.11 Å². The van der Waals surface area contributed by atoms with Gasteiger partial charge in [-0.3, -0.25) is 4.79 Å². The fourth-order valence-corrected chi connectivity index (χ4v) is 3.46. The lowest BCUT2D eigenvalue weighted by molar-refractivity contribution is 0.111. The van der Waals surface area contributed by atoms with E-state index in [-0.39, 0.29) is 0 Å². The summed E-state index contributed by atoms with van der Waals surface area (Å²) in [4.78, 5) is 11.2. The van der Waals surface area contributed by atoms with Gasteiger partial charge in [-0.2, -0.15) is 0 Å². The smallest absolute Gasteiger partial charge is 0.172 e. The first-order valence-corrected chi connectivity index (χ1v) is 7.55. The molecule has 5 heteroatoms. The summed E-state index contributed by atoms with van der Waals surface area (Å²) in [5, 5.41) is 0. The maximum absolute atomic E-state index is 11.2. The first-order valence-electron chi connectivity index (χ1n) is 6.76. The molecule has 1 aromatic rings. The third-order valence-corrected chi connectivity index (χ3v) is 4.69. The average Bonchev–Trinajstić information content (AvgIpc) is 2.46. The van der Waals surface area contributed by atoms with Crippen LogP contribution in [0, 0.1) is 0 Å². The number of ether oxygens (including phenoxy) is 2. The van der Waals surface area contributed by atoms with Crippen molar-refractivity contribution in [3.8, 4) is 11.5 Å². The second-order valence-electron chi connectivity index (χ2n) is 5.22. The number of rotatable bonds is 4. The number of hydrogen-bond donors (Lipinski definition) is 1. The van der Waals surface area contributed by atoms with E-state index >= 15 is 0 Å². The zero-order valence-corrected chi connectivity index (χ0v) is 13.5. The molecule has 2 rings (SSSR count). The molecule has 0 spiro atoms. The number of carbonyl (C=O) groups is 1. The van der Waals surface area contributed by atoms with E-state index in [0.29, 0.717) is 21.5 Å².